The number of hydrogen-bond donors (Lipinski definition) is 2. The van der Waals surface area contributed by atoms with Gasteiger partial charge < -0.3 is 15.8 Å². The van der Waals surface area contributed by atoms with Crippen molar-refractivity contribution in [3.63, 3.8) is 0 Å². The molecule has 0 amide bonds. The molecule has 4 heteroatoms. The molecule has 0 aliphatic heterocycles. The number of rotatable bonds is 5. The van der Waals surface area contributed by atoms with Crippen LogP contribution in [0, 0.1) is 5.41 Å². The van der Waals surface area contributed by atoms with Gasteiger partial charge >= 0.3 is 0 Å². The second kappa shape index (κ2) is 5.35. The van der Waals surface area contributed by atoms with E-state index >= 15 is 0 Å². The maximum Gasteiger partial charge on any atom is 0.188 e. The summed E-state index contributed by atoms with van der Waals surface area (Å²) in [5.74, 6) is 0.573. The molecule has 0 spiro atoms. The van der Waals surface area contributed by atoms with Gasteiger partial charge in [-0.05, 0) is 19.3 Å². The molecule has 0 heterocycles. The first-order chi connectivity index (χ1) is 7.03. The average molecular weight is 213 g/mol. The quantitative estimate of drug-likeness (QED) is 0.531. The lowest BCUT2D eigenvalue weighted by molar-refractivity contribution is 0.110. The van der Waals surface area contributed by atoms with Gasteiger partial charge in [0.1, 0.15) is 0 Å². The van der Waals surface area contributed by atoms with Crippen molar-refractivity contribution in [3.8, 4) is 0 Å². The Hall–Kier alpha value is -0.770. The Morgan fingerprint density at radius 2 is 2.20 bits per heavy atom. The molecule has 0 unspecified atom stereocenters. The van der Waals surface area contributed by atoms with Gasteiger partial charge in [0, 0.05) is 18.6 Å². The van der Waals surface area contributed by atoms with E-state index in [2.05, 4.69) is 24.2 Å². The highest BCUT2D eigenvalue weighted by Gasteiger charge is 2.19. The smallest absolute Gasteiger partial charge is 0.188 e. The van der Waals surface area contributed by atoms with E-state index in [0.29, 0.717) is 25.2 Å². The zero-order valence-electron chi connectivity index (χ0n) is 10.0. The van der Waals surface area contributed by atoms with Crippen LogP contribution >= 0.6 is 0 Å². The van der Waals surface area contributed by atoms with Crippen LogP contribution in [-0.2, 0) is 4.74 Å². The fourth-order valence-electron chi connectivity index (χ4n) is 1.54. The van der Waals surface area contributed by atoms with Crippen LogP contribution in [0.15, 0.2) is 4.99 Å². The van der Waals surface area contributed by atoms with Gasteiger partial charge in [-0.15, -0.1) is 0 Å². The van der Waals surface area contributed by atoms with Crippen molar-refractivity contribution in [2.45, 2.75) is 39.2 Å². The lowest BCUT2D eigenvalue weighted by Gasteiger charge is -2.27. The fourth-order valence-corrected chi connectivity index (χ4v) is 1.54. The third-order valence-corrected chi connectivity index (χ3v) is 2.67. The zero-order chi connectivity index (χ0) is 11.3. The molecule has 1 fully saturated rings. The molecule has 1 aliphatic carbocycles. The molecule has 0 aromatic carbocycles. The second-order valence-electron chi connectivity index (χ2n) is 5.07. The summed E-state index contributed by atoms with van der Waals surface area (Å²) in [7, 11) is 1.71. The minimum absolute atomic E-state index is 0.0562. The lowest BCUT2D eigenvalue weighted by atomic mass is 9.93. The Kier molecular flexibility index (Phi) is 4.39. The highest BCUT2D eigenvalue weighted by molar-refractivity contribution is 5.78. The highest BCUT2D eigenvalue weighted by atomic mass is 16.5. The normalized spacial score (nSPS) is 18.7. The van der Waals surface area contributed by atoms with Crippen molar-refractivity contribution in [2.75, 3.05) is 20.3 Å². The summed E-state index contributed by atoms with van der Waals surface area (Å²) in [6, 6.07) is 0.555. The maximum atomic E-state index is 5.79. The van der Waals surface area contributed by atoms with Crippen molar-refractivity contribution in [1.29, 1.82) is 0 Å². The molecule has 15 heavy (non-hydrogen) atoms. The number of nitrogens with one attached hydrogen (secondary N) is 1. The van der Waals surface area contributed by atoms with Crippen molar-refractivity contribution < 1.29 is 4.74 Å². The summed E-state index contributed by atoms with van der Waals surface area (Å²) in [6.07, 6.45) is 3.75. The fraction of sp³-hybridized carbons (Fsp3) is 0.909. The molecule has 3 N–H and O–H groups in total. The first-order valence-corrected chi connectivity index (χ1v) is 5.59. The number of nitrogens with two attached hydrogens (primary N) is 1. The molecule has 1 saturated carbocycles. The molecule has 0 saturated heterocycles. The Labute approximate surface area is 92.3 Å². The summed E-state index contributed by atoms with van der Waals surface area (Å²) >= 11 is 0. The lowest BCUT2D eigenvalue weighted by Crippen LogP contribution is -2.44. The van der Waals surface area contributed by atoms with E-state index in [9.17, 15) is 0 Å². The van der Waals surface area contributed by atoms with E-state index in [1.165, 1.54) is 19.3 Å². The number of guanidine groups is 1. The third-order valence-electron chi connectivity index (χ3n) is 2.67. The monoisotopic (exact) mass is 213 g/mol. The molecule has 88 valence electrons. The Morgan fingerprint density at radius 3 is 2.67 bits per heavy atom. The minimum Gasteiger partial charge on any atom is -0.384 e. The first kappa shape index (κ1) is 12.3. The first-order valence-electron chi connectivity index (χ1n) is 5.59. The molecule has 4 nitrogen and oxygen atoms in total. The third kappa shape index (κ3) is 4.51. The Morgan fingerprint density at radius 1 is 1.53 bits per heavy atom. The molecule has 0 bridgehead atoms. The van der Waals surface area contributed by atoms with E-state index in [1.54, 1.807) is 7.11 Å². The van der Waals surface area contributed by atoms with Crippen molar-refractivity contribution in [3.05, 3.63) is 0 Å². The van der Waals surface area contributed by atoms with Crippen LogP contribution in [0.1, 0.15) is 33.1 Å². The standard InChI is InChI=1S/C11H23N3O/c1-11(2,8-15-3)7-13-10(12)14-9-5-4-6-9/h9H,4-8H2,1-3H3,(H3,12,13,14). The number of methoxy groups -OCH3 is 1. The van der Waals surface area contributed by atoms with E-state index < -0.39 is 0 Å². The molecule has 0 aromatic heterocycles. The van der Waals surface area contributed by atoms with Gasteiger partial charge in [0.15, 0.2) is 5.96 Å². The number of hydrogen-bond acceptors (Lipinski definition) is 2. The van der Waals surface area contributed by atoms with Crippen LogP contribution in [-0.4, -0.2) is 32.3 Å². The van der Waals surface area contributed by atoms with Crippen LogP contribution in [0.25, 0.3) is 0 Å². The van der Waals surface area contributed by atoms with Crippen molar-refractivity contribution in [2.24, 2.45) is 16.1 Å². The van der Waals surface area contributed by atoms with E-state index in [-0.39, 0.29) is 5.41 Å². The van der Waals surface area contributed by atoms with Gasteiger partial charge in [0.25, 0.3) is 0 Å². The summed E-state index contributed by atoms with van der Waals surface area (Å²) in [6.45, 7) is 5.65. The number of ether oxygens (including phenoxy) is 1. The molecular formula is C11H23N3O. The van der Waals surface area contributed by atoms with Crippen LogP contribution in [0.2, 0.25) is 0 Å². The minimum atomic E-state index is 0.0562. The van der Waals surface area contributed by atoms with Crippen LogP contribution < -0.4 is 11.1 Å². The predicted molar refractivity (Wildman–Crippen MR) is 62.9 cm³/mol. The summed E-state index contributed by atoms with van der Waals surface area (Å²) in [5, 5.41) is 3.22. The predicted octanol–water partition coefficient (Wildman–Crippen LogP) is 1.12. The molecule has 0 radical (unpaired) electrons. The van der Waals surface area contributed by atoms with Gasteiger partial charge in [-0.2, -0.15) is 0 Å². The van der Waals surface area contributed by atoms with Gasteiger partial charge in [-0.1, -0.05) is 13.8 Å². The summed E-state index contributed by atoms with van der Waals surface area (Å²) in [4.78, 5) is 4.34. The van der Waals surface area contributed by atoms with E-state index in [1.807, 2.05) is 0 Å². The van der Waals surface area contributed by atoms with Gasteiger partial charge in [0.2, 0.25) is 0 Å². The van der Waals surface area contributed by atoms with E-state index in [0.717, 1.165) is 0 Å². The zero-order valence-corrected chi connectivity index (χ0v) is 10.0. The van der Waals surface area contributed by atoms with Crippen LogP contribution in [0.3, 0.4) is 0 Å². The largest absolute Gasteiger partial charge is 0.384 e. The van der Waals surface area contributed by atoms with Crippen LogP contribution in [0.5, 0.6) is 0 Å². The van der Waals surface area contributed by atoms with Gasteiger partial charge in [0.05, 0.1) is 13.2 Å². The molecule has 1 rings (SSSR count). The molecule has 0 aromatic rings. The SMILES string of the molecule is COCC(C)(C)CN=C(N)NC1CCC1. The molecule has 0 atom stereocenters. The number of aliphatic imine (C=N–C) groups is 1. The Bertz CT molecular complexity index is 222. The Balaban J connectivity index is 2.28. The van der Waals surface area contributed by atoms with Crippen molar-refractivity contribution >= 4 is 5.96 Å². The maximum absolute atomic E-state index is 5.79. The van der Waals surface area contributed by atoms with Crippen molar-refractivity contribution in [1.82, 2.24) is 5.32 Å². The average Bonchev–Trinajstić information content (AvgIpc) is 2.08. The highest BCUT2D eigenvalue weighted by Crippen LogP contribution is 2.18. The topological polar surface area (TPSA) is 59.6 Å². The second-order valence-corrected chi connectivity index (χ2v) is 5.07. The van der Waals surface area contributed by atoms with Crippen LogP contribution in [0.4, 0.5) is 0 Å². The number of nitrogens with zero attached hydrogens (tertiary/aromatic N) is 1. The van der Waals surface area contributed by atoms with E-state index in [4.69, 9.17) is 10.5 Å². The molecule has 1 aliphatic rings. The summed E-state index contributed by atoms with van der Waals surface area (Å²) < 4.78 is 5.12. The van der Waals surface area contributed by atoms with Gasteiger partial charge in [-0.25, -0.2) is 0 Å². The molecular weight excluding hydrogens is 190 g/mol. The van der Waals surface area contributed by atoms with Gasteiger partial charge in [-0.3, -0.25) is 4.99 Å². The summed E-state index contributed by atoms with van der Waals surface area (Å²) in [5.41, 5.74) is 5.84.